The van der Waals surface area contributed by atoms with E-state index in [9.17, 15) is 4.79 Å². The first-order valence-electron chi connectivity index (χ1n) is 12.8. The van der Waals surface area contributed by atoms with Gasteiger partial charge in [-0.25, -0.2) is 14.7 Å². The number of hydrogen-bond acceptors (Lipinski definition) is 5. The second kappa shape index (κ2) is 11.0. The quantitative estimate of drug-likeness (QED) is 0.197. The van der Waals surface area contributed by atoms with Gasteiger partial charge >= 0.3 is 0 Å². The van der Waals surface area contributed by atoms with E-state index >= 15 is 0 Å². The third kappa shape index (κ3) is 5.21. The molecule has 1 aliphatic heterocycles. The van der Waals surface area contributed by atoms with E-state index < -0.39 is 0 Å². The van der Waals surface area contributed by atoms with Gasteiger partial charge in [-0.2, -0.15) is 0 Å². The first-order valence-corrected chi connectivity index (χ1v) is 12.8. The van der Waals surface area contributed by atoms with Crippen LogP contribution in [0, 0.1) is 0 Å². The third-order valence-electron chi connectivity index (χ3n) is 6.37. The number of anilines is 1. The Labute approximate surface area is 231 Å². The zero-order chi connectivity index (χ0) is 27.3. The summed E-state index contributed by atoms with van der Waals surface area (Å²) >= 11 is 0. The van der Waals surface area contributed by atoms with E-state index in [2.05, 4.69) is 5.32 Å². The molecule has 4 aromatic carbocycles. The number of ether oxygens (including phenoxy) is 1. The van der Waals surface area contributed by atoms with Crippen molar-refractivity contribution in [2.45, 2.75) is 0 Å². The third-order valence-corrected chi connectivity index (χ3v) is 6.37. The van der Waals surface area contributed by atoms with Gasteiger partial charge in [0, 0.05) is 17.2 Å². The molecule has 1 heterocycles. The van der Waals surface area contributed by atoms with E-state index in [1.54, 1.807) is 23.9 Å². The summed E-state index contributed by atoms with van der Waals surface area (Å²) in [7, 11) is 1.62. The molecule has 0 unspecified atom stereocenters. The fraction of sp³-hybridized carbons (Fsp3) is 0.0303. The Morgan fingerprint density at radius 2 is 1.45 bits per heavy atom. The van der Waals surface area contributed by atoms with E-state index in [1.165, 1.54) is 0 Å². The highest BCUT2D eigenvalue weighted by atomic mass is 16.5. The van der Waals surface area contributed by atoms with Crippen molar-refractivity contribution >= 4 is 17.2 Å². The molecular formula is C33H25N5O2. The maximum atomic E-state index is 13.5. The number of aromatic nitrogens is 3. The van der Waals surface area contributed by atoms with Crippen LogP contribution in [0.25, 0.3) is 28.5 Å². The summed E-state index contributed by atoms with van der Waals surface area (Å²) in [6.45, 7) is 0. The molecule has 1 N–H and O–H groups in total. The molecule has 40 heavy (non-hydrogen) atoms. The Bertz CT molecular complexity index is 1800. The molecule has 0 bridgehead atoms. The summed E-state index contributed by atoms with van der Waals surface area (Å²) in [5.41, 5.74) is 4.65. The van der Waals surface area contributed by atoms with Crippen LogP contribution in [-0.4, -0.2) is 27.7 Å². The van der Waals surface area contributed by atoms with Gasteiger partial charge in [0.05, 0.1) is 35.6 Å². The molecule has 7 heteroatoms. The molecule has 0 saturated heterocycles. The van der Waals surface area contributed by atoms with Gasteiger partial charge in [-0.1, -0.05) is 78.9 Å². The number of fused-ring (bicyclic) bond motifs is 1. The highest BCUT2D eigenvalue weighted by molar-refractivity contribution is 6.09. The van der Waals surface area contributed by atoms with E-state index in [-0.39, 0.29) is 5.43 Å². The standard InChI is InChI=1S/C33H25N5O2/c1-40-27-19-17-25(18-20-27)34-32(23-11-5-2-6-12-23)36-29-21-28-30(22-31(29)39)38(26-15-9-4-10-16-26)37-33(35-28)24-13-7-3-8-14-24/h2-22H,1H3,(H,34,36). The van der Waals surface area contributed by atoms with Crippen LogP contribution < -0.4 is 15.5 Å². The zero-order valence-electron chi connectivity index (χ0n) is 21.7. The molecule has 0 atom stereocenters. The summed E-state index contributed by atoms with van der Waals surface area (Å²) in [6, 6.07) is 40.0. The predicted molar refractivity (Wildman–Crippen MR) is 159 cm³/mol. The molecule has 0 saturated carbocycles. The average Bonchev–Trinajstić information content (AvgIpc) is 3.02. The molecule has 0 amide bonds. The summed E-state index contributed by atoms with van der Waals surface area (Å²) < 4.78 is 7.04. The maximum Gasteiger partial charge on any atom is 0.204 e. The first kappa shape index (κ1) is 24.8. The Hall–Kier alpha value is -5.56. The number of hydrogen-bond donors (Lipinski definition) is 1. The fourth-order valence-electron chi connectivity index (χ4n) is 4.35. The van der Waals surface area contributed by atoms with Crippen molar-refractivity contribution in [2.24, 2.45) is 4.99 Å². The first-order chi connectivity index (χ1) is 19.7. The minimum atomic E-state index is -0.202. The lowest BCUT2D eigenvalue weighted by Gasteiger charge is -2.17. The van der Waals surface area contributed by atoms with Crippen LogP contribution in [0.2, 0.25) is 0 Å². The van der Waals surface area contributed by atoms with Crippen molar-refractivity contribution in [2.75, 3.05) is 12.4 Å². The van der Waals surface area contributed by atoms with Crippen LogP contribution >= 0.6 is 0 Å². The summed E-state index contributed by atoms with van der Waals surface area (Å²) in [5.74, 6) is 1.83. The predicted octanol–water partition coefficient (Wildman–Crippen LogP) is 6.60. The lowest BCUT2D eigenvalue weighted by molar-refractivity contribution is 0.415. The van der Waals surface area contributed by atoms with Crippen LogP contribution in [0.15, 0.2) is 137 Å². The highest BCUT2D eigenvalue weighted by Crippen LogP contribution is 2.27. The number of methoxy groups -OCH3 is 1. The van der Waals surface area contributed by atoms with E-state index in [4.69, 9.17) is 19.8 Å². The minimum absolute atomic E-state index is 0.202. The molecule has 4 aromatic rings. The van der Waals surface area contributed by atoms with Gasteiger partial charge in [-0.05, 0) is 42.5 Å². The molecule has 1 aliphatic carbocycles. The Kier molecular flexibility index (Phi) is 6.84. The fourth-order valence-corrected chi connectivity index (χ4v) is 4.35. The molecule has 6 rings (SSSR count). The Balaban J connectivity index is 1.49. The molecule has 0 spiro atoms. The lowest BCUT2D eigenvalue weighted by Crippen LogP contribution is -2.21. The summed E-state index contributed by atoms with van der Waals surface area (Å²) in [5, 5.41) is 8.09. The van der Waals surface area contributed by atoms with Crippen molar-refractivity contribution in [1.82, 2.24) is 14.8 Å². The molecule has 0 radical (unpaired) electrons. The number of nitrogens with zero attached hydrogens (tertiary/aromatic N) is 4. The smallest absolute Gasteiger partial charge is 0.204 e. The van der Waals surface area contributed by atoms with Gasteiger partial charge in [0.1, 0.15) is 11.6 Å². The van der Waals surface area contributed by atoms with Gasteiger partial charge in [0.2, 0.25) is 5.43 Å². The van der Waals surface area contributed by atoms with Gasteiger partial charge in [0.25, 0.3) is 0 Å². The normalized spacial score (nSPS) is 11.4. The molecule has 2 aliphatic rings. The SMILES string of the molecule is COc1ccc(N=C(Nc2cc3nc(-c4ccccc4)nn(-c4ccccc4)c-3cc2=O)c2ccccc2)cc1. The van der Waals surface area contributed by atoms with Crippen molar-refractivity contribution in [1.29, 1.82) is 0 Å². The Morgan fingerprint density at radius 1 is 0.800 bits per heavy atom. The van der Waals surface area contributed by atoms with Crippen LogP contribution in [0.3, 0.4) is 0 Å². The minimum Gasteiger partial charge on any atom is -0.497 e. The summed E-state index contributed by atoms with van der Waals surface area (Å²) in [6.07, 6.45) is 0. The number of benzene rings is 5. The number of nitrogens with one attached hydrogen (secondary N) is 1. The van der Waals surface area contributed by atoms with E-state index in [0.29, 0.717) is 28.7 Å². The Morgan fingerprint density at radius 3 is 2.12 bits per heavy atom. The van der Waals surface area contributed by atoms with Gasteiger partial charge in [-0.3, -0.25) is 4.79 Å². The largest absolute Gasteiger partial charge is 0.497 e. The van der Waals surface area contributed by atoms with Crippen molar-refractivity contribution in [3.63, 3.8) is 0 Å². The van der Waals surface area contributed by atoms with Crippen molar-refractivity contribution < 1.29 is 4.74 Å². The van der Waals surface area contributed by atoms with E-state index in [0.717, 1.165) is 28.3 Å². The summed E-state index contributed by atoms with van der Waals surface area (Å²) in [4.78, 5) is 23.1. The van der Waals surface area contributed by atoms with Crippen LogP contribution in [-0.2, 0) is 0 Å². The number of para-hydroxylation sites is 1. The van der Waals surface area contributed by atoms with Crippen LogP contribution in [0.5, 0.6) is 5.75 Å². The lowest BCUT2D eigenvalue weighted by atomic mass is 10.1. The average molecular weight is 524 g/mol. The maximum absolute atomic E-state index is 13.5. The number of amidine groups is 1. The molecule has 7 nitrogen and oxygen atoms in total. The van der Waals surface area contributed by atoms with E-state index in [1.807, 2.05) is 115 Å². The van der Waals surface area contributed by atoms with Gasteiger partial charge in [0.15, 0.2) is 5.82 Å². The van der Waals surface area contributed by atoms with Crippen molar-refractivity contribution in [3.05, 3.63) is 143 Å². The highest BCUT2D eigenvalue weighted by Gasteiger charge is 2.18. The monoisotopic (exact) mass is 523 g/mol. The number of rotatable bonds is 6. The van der Waals surface area contributed by atoms with Gasteiger partial charge < -0.3 is 10.1 Å². The zero-order valence-corrected chi connectivity index (χ0v) is 21.7. The van der Waals surface area contributed by atoms with Crippen LogP contribution in [0.1, 0.15) is 5.56 Å². The van der Waals surface area contributed by atoms with Crippen molar-refractivity contribution in [3.8, 4) is 34.2 Å². The second-order valence-corrected chi connectivity index (χ2v) is 9.04. The molecule has 194 valence electrons. The molecule has 0 fully saturated rings. The second-order valence-electron chi connectivity index (χ2n) is 9.04. The van der Waals surface area contributed by atoms with Crippen LogP contribution in [0.4, 0.5) is 11.4 Å². The molecular weight excluding hydrogens is 498 g/mol. The number of aliphatic imine (C=N–C) groups is 1. The topological polar surface area (TPSA) is 81.4 Å². The van der Waals surface area contributed by atoms with Gasteiger partial charge in [-0.15, -0.1) is 5.10 Å². The molecule has 0 aromatic heterocycles.